The zero-order valence-corrected chi connectivity index (χ0v) is 8.35. The minimum atomic E-state index is 0.897. The fourth-order valence-electron chi connectivity index (χ4n) is 1.86. The van der Waals surface area contributed by atoms with Crippen LogP contribution in [0.2, 0.25) is 0 Å². The number of aromatic nitrogens is 3. The summed E-state index contributed by atoms with van der Waals surface area (Å²) in [6.07, 6.45) is 9.01. The molecule has 3 heterocycles. The van der Waals surface area contributed by atoms with E-state index in [-0.39, 0.29) is 0 Å². The third-order valence-electron chi connectivity index (χ3n) is 2.68. The van der Waals surface area contributed by atoms with Crippen molar-refractivity contribution in [2.45, 2.75) is 6.42 Å². The summed E-state index contributed by atoms with van der Waals surface area (Å²) in [7, 11) is 0. The van der Waals surface area contributed by atoms with E-state index in [0.717, 1.165) is 25.2 Å². The summed E-state index contributed by atoms with van der Waals surface area (Å²) in [5.74, 6) is 0. The van der Waals surface area contributed by atoms with Crippen molar-refractivity contribution in [3.63, 3.8) is 0 Å². The molecule has 0 spiro atoms. The first-order valence-corrected chi connectivity index (χ1v) is 5.13. The average molecular weight is 200 g/mol. The van der Waals surface area contributed by atoms with Crippen LogP contribution in [0.15, 0.2) is 30.7 Å². The number of hydrogen-bond donors (Lipinski definition) is 1. The minimum absolute atomic E-state index is 0.897. The molecular weight excluding hydrogens is 188 g/mol. The van der Waals surface area contributed by atoms with Gasteiger partial charge in [-0.15, -0.1) is 0 Å². The molecule has 0 amide bonds. The van der Waals surface area contributed by atoms with Crippen LogP contribution in [0.3, 0.4) is 0 Å². The van der Waals surface area contributed by atoms with Gasteiger partial charge in [0, 0.05) is 30.6 Å². The van der Waals surface area contributed by atoms with E-state index >= 15 is 0 Å². The average Bonchev–Trinajstić information content (AvgIpc) is 2.77. The van der Waals surface area contributed by atoms with Gasteiger partial charge in [0.05, 0.1) is 6.20 Å². The summed E-state index contributed by atoms with van der Waals surface area (Å²) in [4.78, 5) is 4.36. The first-order valence-electron chi connectivity index (χ1n) is 5.13. The maximum atomic E-state index is 4.36. The highest BCUT2D eigenvalue weighted by Gasteiger charge is 2.06. The van der Waals surface area contributed by atoms with E-state index in [0.29, 0.717) is 0 Å². The molecule has 4 nitrogen and oxygen atoms in total. The van der Waals surface area contributed by atoms with Crippen LogP contribution in [-0.2, 0) is 0 Å². The summed E-state index contributed by atoms with van der Waals surface area (Å²) in [6, 6.07) is 1.90. The molecular formula is C11H12N4. The smallest absolute Gasteiger partial charge is 0.154 e. The van der Waals surface area contributed by atoms with Gasteiger partial charge in [0.2, 0.25) is 0 Å². The van der Waals surface area contributed by atoms with E-state index in [9.17, 15) is 0 Å². The van der Waals surface area contributed by atoms with Crippen LogP contribution in [0.4, 0.5) is 0 Å². The zero-order chi connectivity index (χ0) is 10.1. The van der Waals surface area contributed by atoms with E-state index in [1.807, 2.05) is 23.0 Å². The molecule has 2 aromatic rings. The van der Waals surface area contributed by atoms with Gasteiger partial charge in [-0.2, -0.15) is 5.10 Å². The molecule has 0 radical (unpaired) electrons. The number of fused-ring (bicyclic) bond motifs is 1. The standard InChI is InChI=1S/C11H12N4/c1-4-12-5-2-9(1)10-7-13-11-3-6-14-15(11)8-10/h1,3,6-8,12H,2,4-5H2. The fraction of sp³-hybridized carbons (Fsp3) is 0.273. The first-order chi connectivity index (χ1) is 7.43. The van der Waals surface area contributed by atoms with Crippen molar-refractivity contribution in [3.8, 4) is 0 Å². The van der Waals surface area contributed by atoms with E-state index in [4.69, 9.17) is 0 Å². The maximum Gasteiger partial charge on any atom is 0.154 e. The minimum Gasteiger partial charge on any atom is -0.313 e. The van der Waals surface area contributed by atoms with Gasteiger partial charge in [-0.05, 0) is 18.5 Å². The highest BCUT2D eigenvalue weighted by atomic mass is 15.2. The molecule has 1 N–H and O–H groups in total. The van der Waals surface area contributed by atoms with E-state index < -0.39 is 0 Å². The van der Waals surface area contributed by atoms with E-state index in [2.05, 4.69) is 21.5 Å². The quantitative estimate of drug-likeness (QED) is 0.749. The topological polar surface area (TPSA) is 42.2 Å². The number of rotatable bonds is 1. The molecule has 1 aliphatic heterocycles. The summed E-state index contributed by atoms with van der Waals surface area (Å²) in [5, 5.41) is 7.48. The Labute approximate surface area is 87.6 Å². The van der Waals surface area contributed by atoms with Crippen molar-refractivity contribution in [3.05, 3.63) is 36.3 Å². The predicted octanol–water partition coefficient (Wildman–Crippen LogP) is 1.11. The Bertz CT molecular complexity index is 512. The fourth-order valence-corrected chi connectivity index (χ4v) is 1.86. The van der Waals surface area contributed by atoms with Gasteiger partial charge in [-0.3, -0.25) is 0 Å². The molecule has 0 saturated carbocycles. The van der Waals surface area contributed by atoms with Crippen LogP contribution in [-0.4, -0.2) is 27.7 Å². The molecule has 4 heteroatoms. The highest BCUT2D eigenvalue weighted by Crippen LogP contribution is 2.18. The summed E-state index contributed by atoms with van der Waals surface area (Å²) >= 11 is 0. The highest BCUT2D eigenvalue weighted by molar-refractivity contribution is 5.66. The Morgan fingerprint density at radius 2 is 2.40 bits per heavy atom. The number of nitrogens with one attached hydrogen (secondary N) is 1. The lowest BCUT2D eigenvalue weighted by Crippen LogP contribution is -2.20. The molecule has 15 heavy (non-hydrogen) atoms. The Kier molecular flexibility index (Phi) is 1.99. The van der Waals surface area contributed by atoms with E-state index in [1.165, 1.54) is 11.1 Å². The summed E-state index contributed by atoms with van der Waals surface area (Å²) in [5.41, 5.74) is 3.43. The summed E-state index contributed by atoms with van der Waals surface area (Å²) < 4.78 is 1.82. The molecule has 2 aromatic heterocycles. The Balaban J connectivity index is 2.06. The molecule has 0 atom stereocenters. The Morgan fingerprint density at radius 1 is 1.40 bits per heavy atom. The van der Waals surface area contributed by atoms with Crippen LogP contribution in [0.5, 0.6) is 0 Å². The van der Waals surface area contributed by atoms with Crippen molar-refractivity contribution in [1.82, 2.24) is 19.9 Å². The Morgan fingerprint density at radius 3 is 3.27 bits per heavy atom. The summed E-state index contributed by atoms with van der Waals surface area (Å²) in [6.45, 7) is 2.00. The molecule has 0 unspecified atom stereocenters. The maximum absolute atomic E-state index is 4.36. The van der Waals surface area contributed by atoms with Gasteiger partial charge in [-0.25, -0.2) is 9.50 Å². The third kappa shape index (κ3) is 1.53. The van der Waals surface area contributed by atoms with Gasteiger partial charge in [0.1, 0.15) is 0 Å². The molecule has 0 fully saturated rings. The largest absolute Gasteiger partial charge is 0.313 e. The zero-order valence-electron chi connectivity index (χ0n) is 8.35. The second-order valence-corrected chi connectivity index (χ2v) is 3.66. The molecule has 3 rings (SSSR count). The predicted molar refractivity (Wildman–Crippen MR) is 58.5 cm³/mol. The van der Waals surface area contributed by atoms with Crippen molar-refractivity contribution in [2.24, 2.45) is 0 Å². The SMILES string of the molecule is C1=C(c2cnc3ccnn3c2)CCNC1. The monoisotopic (exact) mass is 200 g/mol. The van der Waals surface area contributed by atoms with E-state index in [1.54, 1.807) is 6.20 Å². The molecule has 0 aliphatic carbocycles. The van der Waals surface area contributed by atoms with Crippen LogP contribution < -0.4 is 5.32 Å². The van der Waals surface area contributed by atoms with Crippen LogP contribution >= 0.6 is 0 Å². The molecule has 0 aromatic carbocycles. The third-order valence-corrected chi connectivity index (χ3v) is 2.68. The van der Waals surface area contributed by atoms with Gasteiger partial charge < -0.3 is 5.32 Å². The van der Waals surface area contributed by atoms with Gasteiger partial charge in [0.15, 0.2) is 5.65 Å². The van der Waals surface area contributed by atoms with Crippen molar-refractivity contribution < 1.29 is 0 Å². The van der Waals surface area contributed by atoms with Gasteiger partial charge in [0.25, 0.3) is 0 Å². The lowest BCUT2D eigenvalue weighted by molar-refractivity contribution is 0.737. The van der Waals surface area contributed by atoms with Gasteiger partial charge >= 0.3 is 0 Å². The second kappa shape index (κ2) is 3.47. The number of nitrogens with zero attached hydrogens (tertiary/aromatic N) is 3. The first kappa shape index (κ1) is 8.61. The Hall–Kier alpha value is -1.68. The number of hydrogen-bond acceptors (Lipinski definition) is 3. The van der Waals surface area contributed by atoms with Crippen molar-refractivity contribution >= 4 is 11.2 Å². The lowest BCUT2D eigenvalue weighted by Gasteiger charge is -2.13. The molecule has 1 aliphatic rings. The van der Waals surface area contributed by atoms with Crippen LogP contribution in [0, 0.1) is 0 Å². The normalized spacial score (nSPS) is 16.7. The molecule has 0 bridgehead atoms. The second-order valence-electron chi connectivity index (χ2n) is 3.66. The van der Waals surface area contributed by atoms with Crippen LogP contribution in [0.25, 0.3) is 11.2 Å². The molecule has 0 saturated heterocycles. The van der Waals surface area contributed by atoms with Crippen LogP contribution in [0.1, 0.15) is 12.0 Å². The lowest BCUT2D eigenvalue weighted by atomic mass is 10.0. The van der Waals surface area contributed by atoms with Gasteiger partial charge in [-0.1, -0.05) is 6.08 Å². The van der Waals surface area contributed by atoms with Crippen molar-refractivity contribution in [2.75, 3.05) is 13.1 Å². The molecule has 76 valence electrons. The van der Waals surface area contributed by atoms with Crippen molar-refractivity contribution in [1.29, 1.82) is 0 Å².